The molecule has 0 saturated heterocycles. The predicted octanol–water partition coefficient (Wildman–Crippen LogP) is 3.57. The van der Waals surface area contributed by atoms with Gasteiger partial charge in [-0.2, -0.15) is 0 Å². The van der Waals surface area contributed by atoms with Crippen LogP contribution in [0.2, 0.25) is 10.0 Å². The summed E-state index contributed by atoms with van der Waals surface area (Å²) in [6, 6.07) is 8.61. The first-order valence-electron chi connectivity index (χ1n) is 6.47. The van der Waals surface area contributed by atoms with E-state index in [4.69, 9.17) is 27.9 Å². The lowest BCUT2D eigenvalue weighted by atomic mass is 10.1. The number of amides is 1. The first-order valence-corrected chi connectivity index (χ1v) is 8.11. The molecule has 2 aromatic rings. The minimum absolute atomic E-state index is 0.301. The number of rotatable bonds is 6. The third-order valence-electron chi connectivity index (χ3n) is 2.79. The number of hydrogen-bond donors (Lipinski definition) is 1. The molecule has 4 nitrogen and oxygen atoms in total. The number of nitrogens with one attached hydrogen (secondary N) is 1. The van der Waals surface area contributed by atoms with Crippen molar-refractivity contribution in [2.45, 2.75) is 6.42 Å². The Bertz CT molecular complexity index is 659. The Balaban J connectivity index is 1.70. The predicted molar refractivity (Wildman–Crippen MR) is 87.8 cm³/mol. The molecule has 7 heteroatoms. The summed E-state index contributed by atoms with van der Waals surface area (Å²) in [7, 11) is 0. The second kappa shape index (κ2) is 8.17. The molecule has 1 aromatic carbocycles. The van der Waals surface area contributed by atoms with Gasteiger partial charge in [0, 0.05) is 16.6 Å². The smallest absolute Gasteiger partial charge is 0.348 e. The van der Waals surface area contributed by atoms with Gasteiger partial charge in [0.2, 0.25) is 0 Å². The molecule has 0 radical (unpaired) electrons. The van der Waals surface area contributed by atoms with Crippen LogP contribution < -0.4 is 5.32 Å². The fraction of sp³-hybridized carbons (Fsp3) is 0.200. The number of carbonyl (C=O) groups is 2. The highest BCUT2D eigenvalue weighted by Gasteiger charge is 2.10. The second-order valence-electron chi connectivity index (χ2n) is 4.39. The summed E-state index contributed by atoms with van der Waals surface area (Å²) in [6.45, 7) is 0.0990. The molecule has 0 bridgehead atoms. The lowest BCUT2D eigenvalue weighted by Gasteiger charge is -2.07. The minimum atomic E-state index is -0.495. The molecule has 1 heterocycles. The summed E-state index contributed by atoms with van der Waals surface area (Å²) >= 11 is 13.1. The van der Waals surface area contributed by atoms with Gasteiger partial charge in [0.25, 0.3) is 5.91 Å². The summed E-state index contributed by atoms with van der Waals surface area (Å²) in [5.74, 6) is -0.846. The third kappa shape index (κ3) is 5.02. The van der Waals surface area contributed by atoms with Gasteiger partial charge in [-0.1, -0.05) is 35.3 Å². The number of halogens is 2. The number of thiophene rings is 1. The number of hydrogen-bond acceptors (Lipinski definition) is 4. The highest BCUT2D eigenvalue weighted by atomic mass is 35.5. The normalized spacial score (nSPS) is 10.3. The molecular formula is C15H13Cl2NO3S. The molecule has 0 aliphatic heterocycles. The van der Waals surface area contributed by atoms with Gasteiger partial charge < -0.3 is 10.1 Å². The van der Waals surface area contributed by atoms with E-state index in [-0.39, 0.29) is 12.5 Å². The Morgan fingerprint density at radius 1 is 1.23 bits per heavy atom. The summed E-state index contributed by atoms with van der Waals surface area (Å²) < 4.78 is 4.91. The molecular weight excluding hydrogens is 345 g/mol. The van der Waals surface area contributed by atoms with E-state index in [0.29, 0.717) is 27.9 Å². The van der Waals surface area contributed by atoms with Crippen molar-refractivity contribution >= 4 is 46.4 Å². The van der Waals surface area contributed by atoms with E-state index >= 15 is 0 Å². The lowest BCUT2D eigenvalue weighted by Crippen LogP contribution is -2.30. The van der Waals surface area contributed by atoms with Crippen LogP contribution in [0.5, 0.6) is 0 Å². The van der Waals surface area contributed by atoms with Crippen LogP contribution in [0.15, 0.2) is 35.7 Å². The molecule has 22 heavy (non-hydrogen) atoms. The van der Waals surface area contributed by atoms with Crippen molar-refractivity contribution in [3.63, 3.8) is 0 Å². The zero-order valence-electron chi connectivity index (χ0n) is 11.5. The quantitative estimate of drug-likeness (QED) is 0.804. The van der Waals surface area contributed by atoms with E-state index in [1.54, 1.807) is 29.6 Å². The first-order chi connectivity index (χ1) is 10.6. The van der Waals surface area contributed by atoms with Crippen molar-refractivity contribution in [2.75, 3.05) is 13.2 Å². The van der Waals surface area contributed by atoms with Gasteiger partial charge in [-0.3, -0.25) is 4.79 Å². The van der Waals surface area contributed by atoms with Gasteiger partial charge >= 0.3 is 5.97 Å². The molecule has 1 N–H and O–H groups in total. The van der Waals surface area contributed by atoms with Crippen molar-refractivity contribution in [2.24, 2.45) is 0 Å². The summed E-state index contributed by atoms with van der Waals surface area (Å²) in [5, 5.41) is 5.57. The minimum Gasteiger partial charge on any atom is -0.451 e. The van der Waals surface area contributed by atoms with Crippen molar-refractivity contribution in [3.05, 3.63) is 56.2 Å². The Kier molecular flexibility index (Phi) is 6.24. The fourth-order valence-electron chi connectivity index (χ4n) is 1.71. The standard InChI is InChI=1S/C15H13Cl2NO3S/c16-11-4-3-10(12(17)8-11)5-6-18-14(19)9-21-15(20)13-2-1-7-22-13/h1-4,7-8H,5-6,9H2,(H,18,19). The van der Waals surface area contributed by atoms with E-state index in [1.165, 1.54) is 11.3 Å². The van der Waals surface area contributed by atoms with Crippen LogP contribution in [-0.2, 0) is 16.0 Å². The maximum absolute atomic E-state index is 11.6. The maximum atomic E-state index is 11.6. The number of carbonyl (C=O) groups excluding carboxylic acids is 2. The van der Waals surface area contributed by atoms with Crippen LogP contribution in [0.25, 0.3) is 0 Å². The van der Waals surface area contributed by atoms with Crippen LogP contribution in [0, 0.1) is 0 Å². The zero-order valence-corrected chi connectivity index (χ0v) is 13.8. The monoisotopic (exact) mass is 357 g/mol. The Morgan fingerprint density at radius 3 is 2.73 bits per heavy atom. The molecule has 0 aliphatic rings. The van der Waals surface area contributed by atoms with Gasteiger partial charge in [0.05, 0.1) is 0 Å². The van der Waals surface area contributed by atoms with Crippen molar-refractivity contribution in [3.8, 4) is 0 Å². The van der Waals surface area contributed by atoms with Crippen molar-refractivity contribution in [1.82, 2.24) is 5.32 Å². The molecule has 0 unspecified atom stereocenters. The highest BCUT2D eigenvalue weighted by molar-refractivity contribution is 7.11. The Morgan fingerprint density at radius 2 is 2.05 bits per heavy atom. The Labute approximate surface area is 142 Å². The van der Waals surface area contributed by atoms with Crippen LogP contribution in [0.4, 0.5) is 0 Å². The van der Waals surface area contributed by atoms with Gasteiger partial charge in [-0.25, -0.2) is 4.79 Å². The molecule has 0 aliphatic carbocycles. The highest BCUT2D eigenvalue weighted by Crippen LogP contribution is 2.21. The molecule has 0 spiro atoms. The second-order valence-corrected chi connectivity index (χ2v) is 6.18. The van der Waals surface area contributed by atoms with Crippen LogP contribution in [0.1, 0.15) is 15.2 Å². The molecule has 0 fully saturated rings. The van der Waals surface area contributed by atoms with E-state index in [2.05, 4.69) is 5.32 Å². The summed E-state index contributed by atoms with van der Waals surface area (Å²) in [4.78, 5) is 23.6. The third-order valence-corrected chi connectivity index (χ3v) is 4.23. The molecule has 1 amide bonds. The maximum Gasteiger partial charge on any atom is 0.348 e. The zero-order chi connectivity index (χ0) is 15.9. The summed E-state index contributed by atoms with van der Waals surface area (Å²) in [6.07, 6.45) is 0.570. The number of ether oxygens (including phenoxy) is 1. The molecule has 2 rings (SSSR count). The van der Waals surface area contributed by atoms with Crippen LogP contribution in [0.3, 0.4) is 0 Å². The fourth-order valence-corrected chi connectivity index (χ4v) is 2.83. The SMILES string of the molecule is O=C(COC(=O)c1cccs1)NCCc1ccc(Cl)cc1Cl. The van der Waals surface area contributed by atoms with Gasteiger partial charge in [0.15, 0.2) is 6.61 Å². The Hall–Kier alpha value is -1.56. The van der Waals surface area contributed by atoms with E-state index < -0.39 is 5.97 Å². The molecule has 116 valence electrons. The van der Waals surface area contributed by atoms with Crippen LogP contribution >= 0.6 is 34.5 Å². The molecule has 1 aromatic heterocycles. The number of benzene rings is 1. The van der Waals surface area contributed by atoms with E-state index in [1.807, 2.05) is 6.07 Å². The molecule has 0 saturated carbocycles. The van der Waals surface area contributed by atoms with Gasteiger partial charge in [-0.15, -0.1) is 11.3 Å². The van der Waals surface area contributed by atoms with E-state index in [9.17, 15) is 9.59 Å². The van der Waals surface area contributed by atoms with Gasteiger partial charge in [0.1, 0.15) is 4.88 Å². The van der Waals surface area contributed by atoms with Crippen LogP contribution in [-0.4, -0.2) is 25.0 Å². The lowest BCUT2D eigenvalue weighted by molar-refractivity contribution is -0.124. The summed E-state index contributed by atoms with van der Waals surface area (Å²) in [5.41, 5.74) is 0.891. The topological polar surface area (TPSA) is 55.4 Å². The van der Waals surface area contributed by atoms with Gasteiger partial charge in [-0.05, 0) is 35.6 Å². The van der Waals surface area contributed by atoms with Crippen molar-refractivity contribution in [1.29, 1.82) is 0 Å². The van der Waals surface area contributed by atoms with E-state index in [0.717, 1.165) is 5.56 Å². The molecule has 0 atom stereocenters. The largest absolute Gasteiger partial charge is 0.451 e. The van der Waals surface area contributed by atoms with Crippen molar-refractivity contribution < 1.29 is 14.3 Å². The first kappa shape index (κ1) is 16.8. The average Bonchev–Trinajstić information content (AvgIpc) is 3.01. The number of esters is 1. The average molecular weight is 358 g/mol.